The van der Waals surface area contributed by atoms with Gasteiger partial charge in [-0.15, -0.1) is 0 Å². The van der Waals surface area contributed by atoms with Gasteiger partial charge >= 0.3 is 5.97 Å². The number of methoxy groups -OCH3 is 1. The van der Waals surface area contributed by atoms with Crippen molar-refractivity contribution in [3.63, 3.8) is 0 Å². The number of hydrogen-bond donors (Lipinski definition) is 0. The molecule has 1 aromatic carbocycles. The Morgan fingerprint density at radius 2 is 2.14 bits per heavy atom. The summed E-state index contributed by atoms with van der Waals surface area (Å²) in [6.45, 7) is 10.9. The van der Waals surface area contributed by atoms with Gasteiger partial charge in [-0.25, -0.2) is 4.79 Å². The van der Waals surface area contributed by atoms with Crippen molar-refractivity contribution in [1.82, 2.24) is 0 Å². The van der Waals surface area contributed by atoms with Crippen molar-refractivity contribution >= 4 is 11.7 Å². The second-order valence-electron chi connectivity index (χ2n) is 6.75. The number of anilines is 1. The van der Waals surface area contributed by atoms with Gasteiger partial charge in [0.15, 0.2) is 0 Å². The van der Waals surface area contributed by atoms with Crippen LogP contribution in [0.4, 0.5) is 5.69 Å². The van der Waals surface area contributed by atoms with Gasteiger partial charge < -0.3 is 9.64 Å². The number of benzene rings is 1. The van der Waals surface area contributed by atoms with E-state index in [1.54, 1.807) is 0 Å². The van der Waals surface area contributed by atoms with Crippen molar-refractivity contribution in [3.05, 3.63) is 29.3 Å². The molecular weight excluding hydrogens is 262 g/mol. The Labute approximate surface area is 128 Å². The number of rotatable bonds is 3. The molecule has 116 valence electrons. The highest BCUT2D eigenvalue weighted by Gasteiger charge is 2.42. The van der Waals surface area contributed by atoms with E-state index in [1.807, 2.05) is 6.92 Å². The first-order valence-electron chi connectivity index (χ1n) is 7.80. The van der Waals surface area contributed by atoms with E-state index in [0.717, 1.165) is 12.8 Å². The van der Waals surface area contributed by atoms with Gasteiger partial charge in [0.25, 0.3) is 0 Å². The molecule has 1 heterocycles. The molecule has 0 unspecified atom stereocenters. The summed E-state index contributed by atoms with van der Waals surface area (Å²) < 4.78 is 5.05. The van der Waals surface area contributed by atoms with Gasteiger partial charge in [-0.05, 0) is 50.7 Å². The molecule has 0 spiro atoms. The minimum Gasteiger partial charge on any atom is -0.467 e. The molecule has 0 amide bonds. The van der Waals surface area contributed by atoms with Crippen LogP contribution in [0.5, 0.6) is 0 Å². The van der Waals surface area contributed by atoms with Gasteiger partial charge in [-0.2, -0.15) is 0 Å². The molecule has 0 fully saturated rings. The number of esters is 1. The van der Waals surface area contributed by atoms with Crippen LogP contribution in [-0.2, 0) is 9.53 Å². The lowest BCUT2D eigenvalue weighted by Crippen LogP contribution is -2.56. The third-order valence-electron chi connectivity index (χ3n) is 4.67. The second kappa shape index (κ2) is 5.70. The molecule has 1 aliphatic rings. The molecule has 0 aliphatic carbocycles. The summed E-state index contributed by atoms with van der Waals surface area (Å²) in [6.07, 6.45) is 1.79. The fourth-order valence-corrected chi connectivity index (χ4v) is 3.84. The Kier molecular flexibility index (Phi) is 4.31. The third-order valence-corrected chi connectivity index (χ3v) is 4.67. The maximum absolute atomic E-state index is 12.3. The van der Waals surface area contributed by atoms with Crippen LogP contribution in [0.25, 0.3) is 0 Å². The van der Waals surface area contributed by atoms with Crippen LogP contribution in [0, 0.1) is 6.92 Å². The normalized spacial score (nSPS) is 21.6. The first-order chi connectivity index (χ1) is 9.83. The zero-order chi connectivity index (χ0) is 15.8. The molecule has 3 nitrogen and oxygen atoms in total. The van der Waals surface area contributed by atoms with Gasteiger partial charge in [0.1, 0.15) is 6.04 Å². The standard InChI is InChI=1S/C18H27NO2/c1-7-15(17(20)21-6)19-16-12(2)9-8-10-14(16)13(3)11-18(19,4)5/h8-10,13,15H,7,11H2,1-6H3/t13-,15-/m1/s1. The number of ether oxygens (including phenoxy) is 1. The molecule has 0 saturated carbocycles. The molecule has 1 aliphatic heterocycles. The Balaban J connectivity index is 2.62. The van der Waals surface area contributed by atoms with E-state index in [1.165, 1.54) is 23.9 Å². The first-order valence-corrected chi connectivity index (χ1v) is 7.80. The Morgan fingerprint density at radius 1 is 1.48 bits per heavy atom. The Morgan fingerprint density at radius 3 is 2.71 bits per heavy atom. The summed E-state index contributed by atoms with van der Waals surface area (Å²) in [5.74, 6) is 0.357. The molecule has 21 heavy (non-hydrogen) atoms. The van der Waals surface area contributed by atoms with E-state index in [4.69, 9.17) is 4.74 Å². The number of nitrogens with zero attached hydrogens (tertiary/aromatic N) is 1. The number of carbonyl (C=O) groups excluding carboxylic acids is 1. The monoisotopic (exact) mass is 289 g/mol. The van der Waals surface area contributed by atoms with Crippen molar-refractivity contribution in [2.24, 2.45) is 0 Å². The highest BCUT2D eigenvalue weighted by atomic mass is 16.5. The van der Waals surface area contributed by atoms with Crippen LogP contribution in [-0.4, -0.2) is 24.7 Å². The van der Waals surface area contributed by atoms with Crippen LogP contribution < -0.4 is 4.90 Å². The Hall–Kier alpha value is -1.51. The predicted molar refractivity (Wildman–Crippen MR) is 86.9 cm³/mol. The number of aryl methyl sites for hydroxylation is 1. The van der Waals surface area contributed by atoms with Crippen LogP contribution in [0.15, 0.2) is 18.2 Å². The van der Waals surface area contributed by atoms with Crippen LogP contribution >= 0.6 is 0 Å². The Bertz CT molecular complexity index is 536. The number of carbonyl (C=O) groups is 1. The highest BCUT2D eigenvalue weighted by molar-refractivity contribution is 5.82. The lowest BCUT2D eigenvalue weighted by Gasteiger charge is -2.50. The second-order valence-corrected chi connectivity index (χ2v) is 6.75. The van der Waals surface area contributed by atoms with Gasteiger partial charge in [0, 0.05) is 11.2 Å². The molecule has 0 radical (unpaired) electrons. The molecule has 0 N–H and O–H groups in total. The zero-order valence-electron chi connectivity index (χ0n) is 14.1. The molecule has 0 saturated heterocycles. The summed E-state index contributed by atoms with van der Waals surface area (Å²) in [5.41, 5.74) is 3.73. The largest absolute Gasteiger partial charge is 0.467 e. The topological polar surface area (TPSA) is 29.5 Å². The minimum atomic E-state index is -0.225. The summed E-state index contributed by atoms with van der Waals surface area (Å²) in [7, 11) is 1.48. The number of para-hydroxylation sites is 1. The predicted octanol–water partition coefficient (Wildman–Crippen LogP) is 4.04. The van der Waals surface area contributed by atoms with E-state index in [0.29, 0.717) is 5.92 Å². The molecule has 0 aromatic heterocycles. The lowest BCUT2D eigenvalue weighted by molar-refractivity contribution is -0.142. The van der Waals surface area contributed by atoms with E-state index in [9.17, 15) is 4.79 Å². The average Bonchev–Trinajstić information content (AvgIpc) is 2.42. The van der Waals surface area contributed by atoms with Crippen LogP contribution in [0.3, 0.4) is 0 Å². The molecule has 2 rings (SSSR count). The SMILES string of the molecule is CC[C@H](C(=O)OC)N1c2c(C)cccc2[C@H](C)CC1(C)C. The lowest BCUT2D eigenvalue weighted by atomic mass is 9.78. The molecule has 0 bridgehead atoms. The fourth-order valence-electron chi connectivity index (χ4n) is 3.84. The van der Waals surface area contributed by atoms with E-state index < -0.39 is 0 Å². The fraction of sp³-hybridized carbons (Fsp3) is 0.611. The molecular formula is C18H27NO2. The molecule has 3 heteroatoms. The smallest absolute Gasteiger partial charge is 0.328 e. The van der Waals surface area contributed by atoms with Gasteiger partial charge in [-0.1, -0.05) is 32.0 Å². The first kappa shape index (κ1) is 15.9. The zero-order valence-corrected chi connectivity index (χ0v) is 14.1. The average molecular weight is 289 g/mol. The summed E-state index contributed by atoms with van der Waals surface area (Å²) in [4.78, 5) is 14.6. The van der Waals surface area contributed by atoms with Crippen LogP contribution in [0.1, 0.15) is 57.6 Å². The number of fused-ring (bicyclic) bond motifs is 1. The van der Waals surface area contributed by atoms with Crippen molar-refractivity contribution < 1.29 is 9.53 Å². The van der Waals surface area contributed by atoms with Crippen LogP contribution in [0.2, 0.25) is 0 Å². The van der Waals surface area contributed by atoms with Crippen molar-refractivity contribution in [1.29, 1.82) is 0 Å². The van der Waals surface area contributed by atoms with Crippen molar-refractivity contribution in [3.8, 4) is 0 Å². The summed E-state index contributed by atoms with van der Waals surface area (Å²) in [6, 6.07) is 6.21. The van der Waals surface area contributed by atoms with Gasteiger partial charge in [-0.3, -0.25) is 0 Å². The maximum Gasteiger partial charge on any atom is 0.328 e. The van der Waals surface area contributed by atoms with E-state index in [-0.39, 0.29) is 17.6 Å². The highest BCUT2D eigenvalue weighted by Crippen LogP contribution is 2.46. The van der Waals surface area contributed by atoms with Crippen molar-refractivity contribution in [2.45, 2.75) is 65.0 Å². The quantitative estimate of drug-likeness (QED) is 0.787. The minimum absolute atomic E-state index is 0.0621. The summed E-state index contributed by atoms with van der Waals surface area (Å²) in [5, 5.41) is 0. The summed E-state index contributed by atoms with van der Waals surface area (Å²) >= 11 is 0. The molecule has 2 atom stereocenters. The van der Waals surface area contributed by atoms with Gasteiger partial charge in [0.2, 0.25) is 0 Å². The number of hydrogen-bond acceptors (Lipinski definition) is 3. The van der Waals surface area contributed by atoms with E-state index in [2.05, 4.69) is 50.8 Å². The maximum atomic E-state index is 12.3. The third kappa shape index (κ3) is 2.66. The van der Waals surface area contributed by atoms with Gasteiger partial charge in [0.05, 0.1) is 7.11 Å². The van der Waals surface area contributed by atoms with E-state index >= 15 is 0 Å². The molecule has 1 aromatic rings. The van der Waals surface area contributed by atoms with Crippen molar-refractivity contribution in [2.75, 3.05) is 12.0 Å².